The molecular formula is C27H29N5O2. The van der Waals surface area contributed by atoms with Crippen LogP contribution < -0.4 is 14.8 Å². The molecule has 1 N–H and O–H groups in total. The molecule has 1 fully saturated rings. The van der Waals surface area contributed by atoms with Crippen LogP contribution >= 0.6 is 0 Å². The van der Waals surface area contributed by atoms with Crippen LogP contribution in [0.15, 0.2) is 60.7 Å². The number of benzene rings is 2. The lowest BCUT2D eigenvalue weighted by Gasteiger charge is -2.26. The summed E-state index contributed by atoms with van der Waals surface area (Å²) in [5.41, 5.74) is 5.08. The minimum atomic E-state index is 0.565. The molecule has 174 valence electrons. The number of hydrogen-bond acceptors (Lipinski definition) is 6. The zero-order valence-electron chi connectivity index (χ0n) is 19.2. The Morgan fingerprint density at radius 1 is 0.971 bits per heavy atom. The van der Waals surface area contributed by atoms with Crippen molar-refractivity contribution in [3.8, 4) is 22.8 Å². The molecule has 0 saturated carbocycles. The van der Waals surface area contributed by atoms with E-state index >= 15 is 0 Å². The zero-order chi connectivity index (χ0) is 22.7. The van der Waals surface area contributed by atoms with Gasteiger partial charge in [-0.3, -0.25) is 4.90 Å². The molecule has 2 aliphatic rings. The minimum absolute atomic E-state index is 0.565. The highest BCUT2D eigenvalue weighted by Gasteiger charge is 2.15. The van der Waals surface area contributed by atoms with Crippen LogP contribution in [0.2, 0.25) is 0 Å². The zero-order valence-corrected chi connectivity index (χ0v) is 19.2. The predicted molar refractivity (Wildman–Crippen MR) is 133 cm³/mol. The normalized spacial score (nSPS) is 15.8. The van der Waals surface area contributed by atoms with Gasteiger partial charge in [0.1, 0.15) is 18.1 Å². The van der Waals surface area contributed by atoms with E-state index in [2.05, 4.69) is 33.4 Å². The van der Waals surface area contributed by atoms with Crippen LogP contribution in [0.5, 0.6) is 11.5 Å². The largest absolute Gasteiger partial charge is 0.493 e. The number of fused-ring (bicyclic) bond motifs is 2. The molecule has 0 aliphatic carbocycles. The van der Waals surface area contributed by atoms with Gasteiger partial charge in [0.25, 0.3) is 0 Å². The van der Waals surface area contributed by atoms with Crippen LogP contribution in [0.4, 0.5) is 11.6 Å². The number of likely N-dealkylation sites (tertiary alicyclic amines) is 1. The number of anilines is 2. The van der Waals surface area contributed by atoms with E-state index in [0.717, 1.165) is 60.3 Å². The lowest BCUT2D eigenvalue weighted by molar-refractivity contribution is 0.183. The van der Waals surface area contributed by atoms with E-state index in [0.29, 0.717) is 5.95 Å². The van der Waals surface area contributed by atoms with Crippen molar-refractivity contribution in [2.75, 3.05) is 38.2 Å². The first-order valence-corrected chi connectivity index (χ1v) is 12.2. The van der Waals surface area contributed by atoms with Crippen molar-refractivity contribution in [2.45, 2.75) is 25.7 Å². The van der Waals surface area contributed by atoms with Crippen molar-refractivity contribution < 1.29 is 9.47 Å². The highest BCUT2D eigenvalue weighted by molar-refractivity contribution is 5.67. The monoisotopic (exact) mass is 455 g/mol. The maximum Gasteiger partial charge on any atom is 0.247 e. The maximum atomic E-state index is 5.94. The molecule has 6 rings (SSSR count). The van der Waals surface area contributed by atoms with Gasteiger partial charge in [-0.25, -0.2) is 4.52 Å². The van der Waals surface area contributed by atoms with Crippen LogP contribution in [-0.2, 0) is 6.42 Å². The second-order valence-corrected chi connectivity index (χ2v) is 8.94. The van der Waals surface area contributed by atoms with E-state index < -0.39 is 0 Å². The summed E-state index contributed by atoms with van der Waals surface area (Å²) in [6.45, 7) is 4.85. The van der Waals surface area contributed by atoms with Crippen molar-refractivity contribution in [2.24, 2.45) is 0 Å². The average Bonchev–Trinajstić information content (AvgIpc) is 3.51. The lowest BCUT2D eigenvalue weighted by atomic mass is 10.1. The van der Waals surface area contributed by atoms with Gasteiger partial charge in [0.15, 0.2) is 5.65 Å². The van der Waals surface area contributed by atoms with Crippen molar-refractivity contribution in [1.82, 2.24) is 19.5 Å². The SMILES string of the molecule is c1cc(-c2ccc3c(c2)CCO3)n2nc(Nc3ccc(OCCN4CCCCC4)cc3)nc2c1. The fourth-order valence-electron chi connectivity index (χ4n) is 4.76. The number of piperidine rings is 1. The quantitative estimate of drug-likeness (QED) is 0.426. The second-order valence-electron chi connectivity index (χ2n) is 8.94. The molecule has 2 aliphatic heterocycles. The van der Waals surface area contributed by atoms with E-state index in [1.807, 2.05) is 47.0 Å². The van der Waals surface area contributed by atoms with Crippen LogP contribution in [0.3, 0.4) is 0 Å². The summed E-state index contributed by atoms with van der Waals surface area (Å²) in [6.07, 6.45) is 4.92. The minimum Gasteiger partial charge on any atom is -0.493 e. The number of rotatable bonds is 7. The van der Waals surface area contributed by atoms with Crippen molar-refractivity contribution >= 4 is 17.3 Å². The van der Waals surface area contributed by atoms with E-state index in [1.54, 1.807) is 0 Å². The van der Waals surface area contributed by atoms with Gasteiger partial charge in [0.05, 0.1) is 12.3 Å². The molecule has 0 amide bonds. The molecule has 0 atom stereocenters. The molecule has 2 aromatic heterocycles. The Morgan fingerprint density at radius 2 is 1.85 bits per heavy atom. The summed E-state index contributed by atoms with van der Waals surface area (Å²) in [7, 11) is 0. The van der Waals surface area contributed by atoms with E-state index in [-0.39, 0.29) is 0 Å². The van der Waals surface area contributed by atoms with Gasteiger partial charge < -0.3 is 14.8 Å². The van der Waals surface area contributed by atoms with Gasteiger partial charge in [-0.2, -0.15) is 4.98 Å². The first-order chi connectivity index (χ1) is 16.8. The lowest BCUT2D eigenvalue weighted by Crippen LogP contribution is -2.33. The van der Waals surface area contributed by atoms with E-state index in [1.165, 1.54) is 37.9 Å². The molecule has 1 saturated heterocycles. The molecule has 7 nitrogen and oxygen atoms in total. The van der Waals surface area contributed by atoms with Crippen molar-refractivity contribution in [3.63, 3.8) is 0 Å². The summed E-state index contributed by atoms with van der Waals surface area (Å²) in [6, 6.07) is 20.4. The first kappa shape index (κ1) is 21.0. The van der Waals surface area contributed by atoms with Gasteiger partial charge in [-0.1, -0.05) is 12.5 Å². The summed E-state index contributed by atoms with van der Waals surface area (Å²) in [4.78, 5) is 7.16. The highest BCUT2D eigenvalue weighted by Crippen LogP contribution is 2.31. The topological polar surface area (TPSA) is 63.9 Å². The van der Waals surface area contributed by atoms with Crippen LogP contribution in [-0.4, -0.2) is 52.3 Å². The number of nitrogens with zero attached hydrogens (tertiary/aromatic N) is 4. The molecule has 2 aromatic carbocycles. The predicted octanol–water partition coefficient (Wildman–Crippen LogP) is 4.94. The molecule has 0 radical (unpaired) electrons. The van der Waals surface area contributed by atoms with Crippen molar-refractivity contribution in [1.29, 1.82) is 0 Å². The Bertz CT molecular complexity index is 1280. The molecule has 0 unspecified atom stereocenters. The number of hydrogen-bond donors (Lipinski definition) is 1. The molecule has 34 heavy (non-hydrogen) atoms. The number of nitrogens with one attached hydrogen (secondary N) is 1. The molecule has 0 spiro atoms. The Labute approximate surface area is 199 Å². The fourth-order valence-corrected chi connectivity index (χ4v) is 4.76. The summed E-state index contributed by atoms with van der Waals surface area (Å²) in [5.74, 6) is 2.43. The number of aromatic nitrogens is 3. The molecule has 4 aromatic rings. The standard InChI is InChI=1S/C27H29N5O2/c1-2-14-31(15-3-1)16-18-33-23-10-8-22(9-11-23)28-27-29-26-6-4-5-24(32(26)30-27)20-7-12-25-21(19-20)13-17-34-25/h4-12,19H,1-3,13-18H2,(H,28,30). The fraction of sp³-hybridized carbons (Fsp3) is 0.333. The van der Waals surface area contributed by atoms with Gasteiger partial charge in [0.2, 0.25) is 5.95 Å². The maximum absolute atomic E-state index is 5.94. The Hall–Kier alpha value is -3.58. The summed E-state index contributed by atoms with van der Waals surface area (Å²) in [5, 5.41) is 8.05. The molecule has 4 heterocycles. The molecule has 0 bridgehead atoms. The Balaban J connectivity index is 1.13. The summed E-state index contributed by atoms with van der Waals surface area (Å²) >= 11 is 0. The van der Waals surface area contributed by atoms with E-state index in [9.17, 15) is 0 Å². The third-order valence-electron chi connectivity index (χ3n) is 6.58. The van der Waals surface area contributed by atoms with Gasteiger partial charge in [-0.05, 0) is 86.1 Å². The Morgan fingerprint density at radius 3 is 2.74 bits per heavy atom. The highest BCUT2D eigenvalue weighted by atomic mass is 16.5. The van der Waals surface area contributed by atoms with Crippen LogP contribution in [0, 0.1) is 0 Å². The van der Waals surface area contributed by atoms with Crippen LogP contribution in [0.1, 0.15) is 24.8 Å². The smallest absolute Gasteiger partial charge is 0.247 e. The average molecular weight is 456 g/mol. The molecule has 7 heteroatoms. The van der Waals surface area contributed by atoms with Gasteiger partial charge in [0, 0.05) is 24.2 Å². The molecular weight excluding hydrogens is 426 g/mol. The number of ether oxygens (including phenoxy) is 2. The summed E-state index contributed by atoms with van der Waals surface area (Å²) < 4.78 is 13.5. The van der Waals surface area contributed by atoms with Gasteiger partial charge >= 0.3 is 0 Å². The third-order valence-corrected chi connectivity index (χ3v) is 6.58. The van der Waals surface area contributed by atoms with Gasteiger partial charge in [-0.15, -0.1) is 5.10 Å². The van der Waals surface area contributed by atoms with Crippen molar-refractivity contribution in [3.05, 3.63) is 66.2 Å². The first-order valence-electron chi connectivity index (χ1n) is 12.2. The Kier molecular flexibility index (Phi) is 5.77. The van der Waals surface area contributed by atoms with E-state index in [4.69, 9.17) is 14.6 Å². The third kappa shape index (κ3) is 4.43. The second kappa shape index (κ2) is 9.35. The number of pyridine rings is 1. The van der Waals surface area contributed by atoms with Crippen LogP contribution in [0.25, 0.3) is 16.9 Å².